The molecule has 0 saturated carbocycles. The molecule has 2 heterocycles. The summed E-state index contributed by atoms with van der Waals surface area (Å²) in [6.07, 6.45) is 2.71. The van der Waals surface area contributed by atoms with Crippen molar-refractivity contribution in [2.24, 2.45) is 5.73 Å². The zero-order valence-electron chi connectivity index (χ0n) is 12.3. The number of hydrogen-bond acceptors (Lipinski definition) is 4. The van der Waals surface area contributed by atoms with Crippen LogP contribution in [0.3, 0.4) is 0 Å². The third kappa shape index (κ3) is 3.36. The molecule has 3 rings (SSSR count). The Bertz CT molecular complexity index is 500. The molecule has 5 heteroatoms. The number of amides is 1. The van der Waals surface area contributed by atoms with Crippen LogP contribution < -0.4 is 16.0 Å². The van der Waals surface area contributed by atoms with Crippen LogP contribution in [0.5, 0.6) is 0 Å². The van der Waals surface area contributed by atoms with Gasteiger partial charge in [-0.05, 0) is 30.9 Å². The maximum absolute atomic E-state index is 12.2. The molecule has 0 radical (unpaired) electrons. The van der Waals surface area contributed by atoms with Crippen molar-refractivity contribution in [2.45, 2.75) is 31.3 Å². The van der Waals surface area contributed by atoms with Crippen molar-refractivity contribution < 1.29 is 9.53 Å². The monoisotopic (exact) mass is 289 g/mol. The average molecular weight is 289 g/mol. The third-order valence-corrected chi connectivity index (χ3v) is 4.31. The highest BCUT2D eigenvalue weighted by atomic mass is 16.5. The molecule has 3 N–H and O–H groups in total. The Labute approximate surface area is 125 Å². The van der Waals surface area contributed by atoms with Crippen LogP contribution in [0, 0.1) is 0 Å². The van der Waals surface area contributed by atoms with Gasteiger partial charge >= 0.3 is 0 Å². The number of hydrogen-bond donors (Lipinski definition) is 2. The van der Waals surface area contributed by atoms with Crippen molar-refractivity contribution >= 4 is 11.6 Å². The number of fused-ring (bicyclic) bond motifs is 1. The highest BCUT2D eigenvalue weighted by molar-refractivity contribution is 5.82. The van der Waals surface area contributed by atoms with Gasteiger partial charge in [0.1, 0.15) is 0 Å². The number of benzene rings is 1. The summed E-state index contributed by atoms with van der Waals surface area (Å²) < 4.78 is 5.31. The van der Waals surface area contributed by atoms with Gasteiger partial charge in [-0.2, -0.15) is 0 Å². The van der Waals surface area contributed by atoms with Gasteiger partial charge in [0.15, 0.2) is 0 Å². The number of nitrogens with one attached hydrogen (secondary N) is 1. The van der Waals surface area contributed by atoms with E-state index in [-0.39, 0.29) is 18.0 Å². The molecule has 114 valence electrons. The Balaban J connectivity index is 1.62. The quantitative estimate of drug-likeness (QED) is 0.877. The lowest BCUT2D eigenvalue weighted by molar-refractivity contribution is -0.121. The van der Waals surface area contributed by atoms with Gasteiger partial charge in [-0.1, -0.05) is 18.2 Å². The maximum atomic E-state index is 12.2. The first-order valence-electron chi connectivity index (χ1n) is 7.70. The van der Waals surface area contributed by atoms with Crippen molar-refractivity contribution in [3.05, 3.63) is 29.8 Å². The first-order chi connectivity index (χ1) is 10.2. The van der Waals surface area contributed by atoms with Gasteiger partial charge in [0, 0.05) is 37.5 Å². The fraction of sp³-hybridized carbons (Fsp3) is 0.562. The molecule has 1 saturated heterocycles. The van der Waals surface area contributed by atoms with Crippen LogP contribution in [0.15, 0.2) is 24.3 Å². The van der Waals surface area contributed by atoms with Gasteiger partial charge in [-0.25, -0.2) is 0 Å². The van der Waals surface area contributed by atoms with Crippen LogP contribution in [-0.4, -0.2) is 38.3 Å². The molecule has 1 aromatic carbocycles. The number of carbonyl (C=O) groups excluding carboxylic acids is 1. The number of rotatable bonds is 3. The fourth-order valence-electron chi connectivity index (χ4n) is 3.11. The largest absolute Gasteiger partial charge is 0.381 e. The molecule has 5 nitrogen and oxygen atoms in total. The third-order valence-electron chi connectivity index (χ3n) is 4.31. The second kappa shape index (κ2) is 6.45. The molecule has 0 aromatic heterocycles. The lowest BCUT2D eigenvalue weighted by atomic mass is 9.97. The number of para-hydroxylation sites is 1. The Hall–Kier alpha value is -1.59. The van der Waals surface area contributed by atoms with E-state index in [1.54, 1.807) is 0 Å². The molecule has 21 heavy (non-hydrogen) atoms. The van der Waals surface area contributed by atoms with Gasteiger partial charge in [0.25, 0.3) is 0 Å². The summed E-state index contributed by atoms with van der Waals surface area (Å²) in [7, 11) is 0. The minimum absolute atomic E-state index is 0.0796. The zero-order chi connectivity index (χ0) is 14.7. The SMILES string of the molecule is NC1CCN(CC(=O)NC2CCOCC2)c2ccccc21. The normalized spacial score (nSPS) is 22.7. The minimum Gasteiger partial charge on any atom is -0.381 e. The topological polar surface area (TPSA) is 67.6 Å². The summed E-state index contributed by atoms with van der Waals surface area (Å²) in [6, 6.07) is 8.45. The summed E-state index contributed by atoms with van der Waals surface area (Å²) in [5.41, 5.74) is 8.38. The molecule has 2 aliphatic rings. The van der Waals surface area contributed by atoms with Gasteiger partial charge < -0.3 is 20.7 Å². The van der Waals surface area contributed by atoms with Gasteiger partial charge in [0.05, 0.1) is 6.54 Å². The van der Waals surface area contributed by atoms with Crippen molar-refractivity contribution in [3.63, 3.8) is 0 Å². The van der Waals surface area contributed by atoms with Crippen LogP contribution in [-0.2, 0) is 9.53 Å². The second-order valence-electron chi connectivity index (χ2n) is 5.83. The highest BCUT2D eigenvalue weighted by Crippen LogP contribution is 2.31. The second-order valence-corrected chi connectivity index (χ2v) is 5.83. The molecule has 2 aliphatic heterocycles. The summed E-state index contributed by atoms with van der Waals surface area (Å²) in [4.78, 5) is 14.4. The van der Waals surface area contributed by atoms with E-state index in [2.05, 4.69) is 22.3 Å². The van der Waals surface area contributed by atoms with Gasteiger partial charge in [-0.15, -0.1) is 0 Å². The molecule has 1 atom stereocenters. The minimum atomic E-state index is 0.0796. The van der Waals surface area contributed by atoms with Crippen LogP contribution in [0.4, 0.5) is 5.69 Å². The summed E-state index contributed by atoms with van der Waals surface area (Å²) >= 11 is 0. The molecular weight excluding hydrogens is 266 g/mol. The van der Waals surface area contributed by atoms with Crippen LogP contribution in [0.2, 0.25) is 0 Å². The van der Waals surface area contributed by atoms with Gasteiger partial charge in [-0.3, -0.25) is 4.79 Å². The Morgan fingerprint density at radius 3 is 2.86 bits per heavy atom. The smallest absolute Gasteiger partial charge is 0.239 e. The predicted octanol–water partition coefficient (Wildman–Crippen LogP) is 1.19. The Morgan fingerprint density at radius 1 is 1.29 bits per heavy atom. The van der Waals surface area contributed by atoms with E-state index in [9.17, 15) is 4.79 Å². The highest BCUT2D eigenvalue weighted by Gasteiger charge is 2.24. The van der Waals surface area contributed by atoms with E-state index in [1.165, 1.54) is 0 Å². The molecule has 1 fully saturated rings. The van der Waals surface area contributed by atoms with E-state index in [1.807, 2.05) is 12.1 Å². The standard InChI is InChI=1S/C16H23N3O2/c17-14-5-8-19(15-4-2-1-3-13(14)15)11-16(20)18-12-6-9-21-10-7-12/h1-4,12,14H,5-11,17H2,(H,18,20). The zero-order valence-corrected chi connectivity index (χ0v) is 12.3. The van der Waals surface area contributed by atoms with Crippen LogP contribution >= 0.6 is 0 Å². The van der Waals surface area contributed by atoms with E-state index in [4.69, 9.17) is 10.5 Å². The van der Waals surface area contributed by atoms with Crippen LogP contribution in [0.25, 0.3) is 0 Å². The van der Waals surface area contributed by atoms with Crippen molar-refractivity contribution in [1.29, 1.82) is 0 Å². The first-order valence-corrected chi connectivity index (χ1v) is 7.70. The predicted molar refractivity (Wildman–Crippen MR) is 82.2 cm³/mol. The van der Waals surface area contributed by atoms with Crippen molar-refractivity contribution in [2.75, 3.05) is 31.2 Å². The number of ether oxygens (including phenoxy) is 1. The molecule has 1 unspecified atom stereocenters. The van der Waals surface area contributed by atoms with Crippen molar-refractivity contribution in [3.8, 4) is 0 Å². The Morgan fingerprint density at radius 2 is 2.05 bits per heavy atom. The number of nitrogens with two attached hydrogens (primary N) is 1. The molecule has 1 amide bonds. The lowest BCUT2D eigenvalue weighted by Gasteiger charge is -2.34. The van der Waals surface area contributed by atoms with E-state index in [0.717, 1.165) is 50.3 Å². The van der Waals surface area contributed by atoms with E-state index >= 15 is 0 Å². The fourth-order valence-corrected chi connectivity index (χ4v) is 3.11. The van der Waals surface area contributed by atoms with E-state index < -0.39 is 0 Å². The van der Waals surface area contributed by atoms with E-state index in [0.29, 0.717) is 6.54 Å². The van der Waals surface area contributed by atoms with Crippen molar-refractivity contribution in [1.82, 2.24) is 5.32 Å². The number of nitrogens with zero attached hydrogens (tertiary/aromatic N) is 1. The number of anilines is 1. The summed E-state index contributed by atoms with van der Waals surface area (Å²) in [5, 5.41) is 3.12. The average Bonchev–Trinajstić information content (AvgIpc) is 2.51. The maximum Gasteiger partial charge on any atom is 0.239 e. The number of carbonyl (C=O) groups is 1. The van der Waals surface area contributed by atoms with Gasteiger partial charge in [0.2, 0.25) is 5.91 Å². The molecule has 0 spiro atoms. The molecule has 0 bridgehead atoms. The lowest BCUT2D eigenvalue weighted by Crippen LogP contribution is -2.46. The Kier molecular flexibility index (Phi) is 4.41. The first kappa shape index (κ1) is 14.4. The summed E-state index contributed by atoms with van der Waals surface area (Å²) in [6.45, 7) is 2.72. The van der Waals surface area contributed by atoms with Crippen LogP contribution in [0.1, 0.15) is 30.9 Å². The molecule has 0 aliphatic carbocycles. The summed E-state index contributed by atoms with van der Waals surface area (Å²) in [5.74, 6) is 0.0900. The molecular formula is C16H23N3O2. The molecule has 1 aromatic rings.